The molecule has 0 unspecified atom stereocenters. The van der Waals surface area contributed by atoms with Gasteiger partial charge in [-0.3, -0.25) is 14.1 Å². The Morgan fingerprint density at radius 1 is 1.39 bits per heavy atom. The van der Waals surface area contributed by atoms with Crippen molar-refractivity contribution in [2.75, 3.05) is 4.34 Å². The van der Waals surface area contributed by atoms with Crippen LogP contribution < -0.4 is 9.90 Å². The number of imidazole rings is 1. The van der Waals surface area contributed by atoms with Crippen LogP contribution in [0.4, 0.5) is 5.95 Å². The molecule has 3 aromatic rings. The molecule has 3 rings (SSSR count). The van der Waals surface area contributed by atoms with Crippen molar-refractivity contribution < 1.29 is 0 Å². The molecular formula is C10H8BrN5OS. The zero-order chi connectivity index (χ0) is 12.5. The average molecular weight is 326 g/mol. The first kappa shape index (κ1) is 11.4. The van der Waals surface area contributed by atoms with E-state index >= 15 is 0 Å². The van der Waals surface area contributed by atoms with Crippen LogP contribution in [0.2, 0.25) is 0 Å². The van der Waals surface area contributed by atoms with Gasteiger partial charge in [-0.25, -0.2) is 4.98 Å². The van der Waals surface area contributed by atoms with Crippen LogP contribution in [0.1, 0.15) is 10.7 Å². The number of halogens is 1. The molecule has 0 spiro atoms. The molecule has 3 aromatic heterocycles. The molecule has 3 heterocycles. The summed E-state index contributed by atoms with van der Waals surface area (Å²) in [6.07, 6.45) is 0.671. The van der Waals surface area contributed by atoms with Gasteiger partial charge in [-0.1, -0.05) is 6.07 Å². The monoisotopic (exact) mass is 325 g/mol. The van der Waals surface area contributed by atoms with Crippen molar-refractivity contribution in [2.24, 2.45) is 0 Å². The molecule has 0 aliphatic rings. The molecule has 3 N–H and O–H groups in total. The third kappa shape index (κ3) is 2.04. The molecule has 0 amide bonds. The summed E-state index contributed by atoms with van der Waals surface area (Å²) in [6.45, 7) is 0. The van der Waals surface area contributed by atoms with Gasteiger partial charge in [-0.15, -0.1) is 11.3 Å². The van der Waals surface area contributed by atoms with Crippen LogP contribution in [0.3, 0.4) is 0 Å². The Labute approximate surface area is 114 Å². The van der Waals surface area contributed by atoms with Crippen molar-refractivity contribution in [3.05, 3.63) is 38.6 Å². The van der Waals surface area contributed by atoms with Gasteiger partial charge in [0.05, 0.1) is 0 Å². The quantitative estimate of drug-likeness (QED) is 0.643. The van der Waals surface area contributed by atoms with Crippen molar-refractivity contribution in [3.8, 4) is 0 Å². The topological polar surface area (TPSA) is 86.5 Å². The Bertz CT molecular complexity index is 732. The SMILES string of the molecule is O=c1[nH]c(NBr)nc2nc(Cc3cccs3)[nH]c12. The Balaban J connectivity index is 2.05. The lowest BCUT2D eigenvalue weighted by Crippen LogP contribution is -2.09. The number of H-pyrrole nitrogens is 2. The number of hydrogen-bond acceptors (Lipinski definition) is 5. The number of aromatic amines is 2. The second-order valence-corrected chi connectivity index (χ2v) is 5.08. The predicted molar refractivity (Wildman–Crippen MR) is 74.2 cm³/mol. The van der Waals surface area contributed by atoms with Crippen LogP contribution in [0.15, 0.2) is 22.3 Å². The van der Waals surface area contributed by atoms with Gasteiger partial charge < -0.3 is 4.98 Å². The van der Waals surface area contributed by atoms with Crippen LogP contribution in [-0.4, -0.2) is 19.9 Å². The highest BCUT2D eigenvalue weighted by molar-refractivity contribution is 9.10. The predicted octanol–water partition coefficient (Wildman–Crippen LogP) is 2.02. The van der Waals surface area contributed by atoms with Crippen LogP contribution in [-0.2, 0) is 6.42 Å². The van der Waals surface area contributed by atoms with Gasteiger partial charge in [-0.05, 0) is 11.4 Å². The van der Waals surface area contributed by atoms with Gasteiger partial charge in [0, 0.05) is 27.4 Å². The largest absolute Gasteiger partial charge is 0.336 e. The Morgan fingerprint density at radius 2 is 2.28 bits per heavy atom. The maximum atomic E-state index is 11.7. The molecule has 0 atom stereocenters. The minimum atomic E-state index is -0.244. The fourth-order valence-electron chi connectivity index (χ4n) is 1.66. The summed E-state index contributed by atoms with van der Waals surface area (Å²) in [4.78, 5) is 27.0. The Morgan fingerprint density at radius 3 is 3.00 bits per heavy atom. The maximum absolute atomic E-state index is 11.7. The molecular weight excluding hydrogens is 318 g/mol. The number of anilines is 1. The molecule has 0 aliphatic carbocycles. The molecule has 0 bridgehead atoms. The zero-order valence-corrected chi connectivity index (χ0v) is 11.4. The smallest absolute Gasteiger partial charge is 0.278 e. The van der Waals surface area contributed by atoms with Crippen molar-refractivity contribution in [1.29, 1.82) is 0 Å². The summed E-state index contributed by atoms with van der Waals surface area (Å²) >= 11 is 4.67. The standard InChI is InChI=1S/C10H8BrN5OS/c11-16-10-14-8-7(9(17)15-10)12-6(13-8)4-5-2-1-3-18-5/h1-3H,4H2,(H3,12,13,14,15,16,17). The summed E-state index contributed by atoms with van der Waals surface area (Å²) in [5, 5.41) is 2.01. The van der Waals surface area contributed by atoms with Crippen LogP contribution >= 0.6 is 27.5 Å². The van der Waals surface area contributed by atoms with E-state index in [1.165, 1.54) is 4.88 Å². The van der Waals surface area contributed by atoms with Crippen LogP contribution in [0.25, 0.3) is 11.2 Å². The van der Waals surface area contributed by atoms with E-state index in [0.29, 0.717) is 23.5 Å². The van der Waals surface area contributed by atoms with E-state index < -0.39 is 0 Å². The lowest BCUT2D eigenvalue weighted by Gasteiger charge is -1.94. The average Bonchev–Trinajstić information content (AvgIpc) is 2.98. The van der Waals surface area contributed by atoms with Gasteiger partial charge in [0.25, 0.3) is 5.56 Å². The Hall–Kier alpha value is -1.67. The normalized spacial score (nSPS) is 10.9. The molecule has 0 radical (unpaired) electrons. The van der Waals surface area contributed by atoms with Crippen molar-refractivity contribution >= 4 is 44.6 Å². The van der Waals surface area contributed by atoms with Crippen molar-refractivity contribution in [1.82, 2.24) is 19.9 Å². The fourth-order valence-corrected chi connectivity index (χ4v) is 2.56. The minimum absolute atomic E-state index is 0.244. The van der Waals surface area contributed by atoms with Crippen LogP contribution in [0, 0.1) is 0 Å². The number of thiophene rings is 1. The van der Waals surface area contributed by atoms with E-state index in [4.69, 9.17) is 0 Å². The van der Waals surface area contributed by atoms with Gasteiger partial charge in [0.2, 0.25) is 5.95 Å². The molecule has 18 heavy (non-hydrogen) atoms. The zero-order valence-electron chi connectivity index (χ0n) is 9.03. The molecule has 8 heteroatoms. The highest BCUT2D eigenvalue weighted by atomic mass is 79.9. The number of nitrogens with one attached hydrogen (secondary N) is 3. The van der Waals surface area contributed by atoms with Crippen molar-refractivity contribution in [3.63, 3.8) is 0 Å². The summed E-state index contributed by atoms with van der Waals surface area (Å²) in [6, 6.07) is 4.02. The van der Waals surface area contributed by atoms with E-state index in [0.717, 1.165) is 5.82 Å². The Kier molecular flexibility index (Phi) is 2.88. The van der Waals surface area contributed by atoms with E-state index in [-0.39, 0.29) is 5.56 Å². The molecule has 92 valence electrons. The van der Waals surface area contributed by atoms with Crippen molar-refractivity contribution in [2.45, 2.75) is 6.42 Å². The number of aromatic nitrogens is 4. The molecule has 0 saturated carbocycles. The third-order valence-electron chi connectivity index (χ3n) is 2.42. The molecule has 6 nitrogen and oxygen atoms in total. The first-order chi connectivity index (χ1) is 8.76. The van der Waals surface area contributed by atoms with Gasteiger partial charge >= 0.3 is 0 Å². The fraction of sp³-hybridized carbons (Fsp3) is 0.100. The summed E-state index contributed by atoms with van der Waals surface area (Å²) in [5.41, 5.74) is 0.562. The van der Waals surface area contributed by atoms with E-state index in [9.17, 15) is 4.79 Å². The summed E-state index contributed by atoms with van der Waals surface area (Å²) < 4.78 is 2.61. The second-order valence-electron chi connectivity index (χ2n) is 3.65. The van der Waals surface area contributed by atoms with E-state index in [2.05, 4.69) is 40.4 Å². The first-order valence-electron chi connectivity index (χ1n) is 5.14. The van der Waals surface area contributed by atoms with E-state index in [1.807, 2.05) is 17.5 Å². The first-order valence-corrected chi connectivity index (χ1v) is 6.81. The number of hydrogen-bond donors (Lipinski definition) is 3. The maximum Gasteiger partial charge on any atom is 0.278 e. The number of nitrogens with zero attached hydrogens (tertiary/aromatic N) is 2. The van der Waals surface area contributed by atoms with E-state index in [1.54, 1.807) is 11.3 Å². The second kappa shape index (κ2) is 4.54. The highest BCUT2D eigenvalue weighted by Gasteiger charge is 2.10. The van der Waals surface area contributed by atoms with Crippen LogP contribution in [0.5, 0.6) is 0 Å². The lowest BCUT2D eigenvalue weighted by atomic mass is 10.3. The third-order valence-corrected chi connectivity index (χ3v) is 3.67. The summed E-state index contributed by atoms with van der Waals surface area (Å²) in [5.74, 6) is 1.07. The number of rotatable bonds is 3. The molecule has 0 aromatic carbocycles. The molecule has 0 fully saturated rings. The van der Waals surface area contributed by atoms with Gasteiger partial charge in [0.1, 0.15) is 5.82 Å². The summed E-state index contributed by atoms with van der Waals surface area (Å²) in [7, 11) is 0. The minimum Gasteiger partial charge on any atom is -0.336 e. The number of fused-ring (bicyclic) bond motifs is 1. The van der Waals surface area contributed by atoms with Gasteiger partial charge in [-0.2, -0.15) is 4.98 Å². The molecule has 0 saturated heterocycles. The lowest BCUT2D eigenvalue weighted by molar-refractivity contribution is 1.05. The highest BCUT2D eigenvalue weighted by Crippen LogP contribution is 2.14. The van der Waals surface area contributed by atoms with Gasteiger partial charge in [0.15, 0.2) is 11.2 Å². The molecule has 0 aliphatic heterocycles.